The lowest BCUT2D eigenvalue weighted by Gasteiger charge is -2.18. The summed E-state index contributed by atoms with van der Waals surface area (Å²) in [4.78, 5) is 27.8. The highest BCUT2D eigenvalue weighted by Gasteiger charge is 2.35. The molecular weight excluding hydrogens is 282 g/mol. The Balaban J connectivity index is 1.52. The summed E-state index contributed by atoms with van der Waals surface area (Å²) in [5, 5.41) is 5.24. The van der Waals surface area contributed by atoms with Crippen molar-refractivity contribution in [2.24, 2.45) is 17.8 Å². The van der Waals surface area contributed by atoms with Crippen LogP contribution >= 0.6 is 0 Å². The van der Waals surface area contributed by atoms with E-state index in [0.717, 1.165) is 6.42 Å². The second-order valence-corrected chi connectivity index (χ2v) is 5.76. The summed E-state index contributed by atoms with van der Waals surface area (Å²) in [6.07, 6.45) is 8.31. The van der Waals surface area contributed by atoms with Crippen molar-refractivity contribution < 1.29 is 14.3 Å². The largest absolute Gasteiger partial charge is 0.480 e. The molecule has 1 aromatic heterocycles. The maximum atomic E-state index is 11.9. The topological polar surface area (TPSA) is 80.3 Å². The maximum absolute atomic E-state index is 11.9. The van der Waals surface area contributed by atoms with E-state index in [9.17, 15) is 9.59 Å². The van der Waals surface area contributed by atoms with Gasteiger partial charge in [-0.25, -0.2) is 4.98 Å². The number of hydrogen-bond acceptors (Lipinski definition) is 4. The van der Waals surface area contributed by atoms with E-state index in [1.807, 2.05) is 0 Å². The van der Waals surface area contributed by atoms with Crippen LogP contribution in [0.3, 0.4) is 0 Å². The zero-order valence-electron chi connectivity index (χ0n) is 12.4. The number of carbonyl (C=O) groups excluding carboxylic acids is 2. The molecule has 2 aliphatic rings. The minimum absolute atomic E-state index is 0.280. The summed E-state index contributed by atoms with van der Waals surface area (Å²) in [7, 11) is 1.46. The van der Waals surface area contributed by atoms with Crippen molar-refractivity contribution in [1.29, 1.82) is 0 Å². The number of carbonyl (C=O) groups is 2. The van der Waals surface area contributed by atoms with Crippen LogP contribution in [-0.2, 0) is 9.59 Å². The van der Waals surface area contributed by atoms with Crippen molar-refractivity contribution in [2.75, 3.05) is 19.0 Å². The van der Waals surface area contributed by atoms with Crippen molar-refractivity contribution in [1.82, 2.24) is 10.3 Å². The van der Waals surface area contributed by atoms with Crippen molar-refractivity contribution >= 4 is 17.5 Å². The smallest absolute Gasteiger partial charge is 0.313 e. The van der Waals surface area contributed by atoms with E-state index in [-0.39, 0.29) is 5.88 Å². The van der Waals surface area contributed by atoms with Gasteiger partial charge in [-0.3, -0.25) is 9.59 Å². The van der Waals surface area contributed by atoms with E-state index in [1.54, 1.807) is 18.3 Å². The summed E-state index contributed by atoms with van der Waals surface area (Å²) >= 11 is 0. The van der Waals surface area contributed by atoms with Gasteiger partial charge in [0.2, 0.25) is 5.88 Å². The average molecular weight is 301 g/mol. The Morgan fingerprint density at radius 1 is 1.32 bits per heavy atom. The Morgan fingerprint density at radius 3 is 2.86 bits per heavy atom. The van der Waals surface area contributed by atoms with Gasteiger partial charge in [-0.2, -0.15) is 0 Å². The normalized spacial score (nSPS) is 25.0. The number of aromatic nitrogens is 1. The molecule has 2 bridgehead atoms. The Kier molecular flexibility index (Phi) is 4.09. The van der Waals surface area contributed by atoms with Gasteiger partial charge in [-0.05, 0) is 42.7 Å². The molecule has 0 saturated heterocycles. The van der Waals surface area contributed by atoms with Gasteiger partial charge < -0.3 is 15.4 Å². The fourth-order valence-corrected chi connectivity index (χ4v) is 3.26. The lowest BCUT2D eigenvalue weighted by molar-refractivity contribution is -0.136. The molecular formula is C16H19N3O3. The standard InChI is InChI=1S/C16H19N3O3/c1-22-16-13(3-2-6-17-16)19-15(21)14(20)18-9-12-8-10-4-5-11(12)7-10/h2-6,10-12H,7-9H2,1H3,(H,18,20)(H,19,21)/t10-,11-,12-/m0/s1. The van der Waals surface area contributed by atoms with Crippen molar-refractivity contribution in [3.63, 3.8) is 0 Å². The molecule has 1 saturated carbocycles. The predicted octanol–water partition coefficient (Wildman–Crippen LogP) is 1.36. The monoisotopic (exact) mass is 301 g/mol. The van der Waals surface area contributed by atoms with Crippen LogP contribution in [0.2, 0.25) is 0 Å². The predicted molar refractivity (Wildman–Crippen MR) is 81.3 cm³/mol. The number of amides is 2. The van der Waals surface area contributed by atoms with Crippen molar-refractivity contribution in [3.05, 3.63) is 30.5 Å². The average Bonchev–Trinajstić information content (AvgIpc) is 3.15. The van der Waals surface area contributed by atoms with Gasteiger partial charge in [0.1, 0.15) is 5.69 Å². The van der Waals surface area contributed by atoms with E-state index in [0.29, 0.717) is 30.0 Å². The molecule has 116 valence electrons. The van der Waals surface area contributed by atoms with Gasteiger partial charge in [0.15, 0.2) is 0 Å². The van der Waals surface area contributed by atoms with E-state index >= 15 is 0 Å². The second kappa shape index (κ2) is 6.17. The van der Waals surface area contributed by atoms with E-state index in [4.69, 9.17) is 4.74 Å². The van der Waals surface area contributed by atoms with Crippen LogP contribution in [0.5, 0.6) is 5.88 Å². The fraction of sp³-hybridized carbons (Fsp3) is 0.438. The summed E-state index contributed by atoms with van der Waals surface area (Å²) in [5.41, 5.74) is 0.382. The Morgan fingerprint density at radius 2 is 2.18 bits per heavy atom. The molecule has 22 heavy (non-hydrogen) atoms. The van der Waals surface area contributed by atoms with Crippen molar-refractivity contribution in [3.8, 4) is 5.88 Å². The number of pyridine rings is 1. The van der Waals surface area contributed by atoms with Crippen LogP contribution in [0.25, 0.3) is 0 Å². The van der Waals surface area contributed by atoms with Crippen LogP contribution in [-0.4, -0.2) is 30.5 Å². The maximum Gasteiger partial charge on any atom is 0.313 e. The number of methoxy groups -OCH3 is 1. The number of allylic oxidation sites excluding steroid dienone is 2. The van der Waals surface area contributed by atoms with Gasteiger partial charge in [0.25, 0.3) is 0 Å². The summed E-state index contributed by atoms with van der Waals surface area (Å²) < 4.78 is 5.04. The van der Waals surface area contributed by atoms with Gasteiger partial charge in [0.05, 0.1) is 7.11 Å². The summed E-state index contributed by atoms with van der Waals surface area (Å²) in [6, 6.07) is 3.30. The second-order valence-electron chi connectivity index (χ2n) is 5.76. The molecule has 6 nitrogen and oxygen atoms in total. The van der Waals surface area contributed by atoms with Gasteiger partial charge in [-0.1, -0.05) is 12.2 Å². The first-order valence-corrected chi connectivity index (χ1v) is 7.44. The molecule has 1 fully saturated rings. The number of ether oxygens (including phenoxy) is 1. The van der Waals surface area contributed by atoms with Gasteiger partial charge >= 0.3 is 11.8 Å². The molecule has 3 atom stereocenters. The lowest BCUT2D eigenvalue weighted by Crippen LogP contribution is -2.38. The number of fused-ring (bicyclic) bond motifs is 2. The molecule has 0 spiro atoms. The third kappa shape index (κ3) is 2.95. The molecule has 0 aromatic carbocycles. The number of nitrogens with zero attached hydrogens (tertiary/aromatic N) is 1. The molecule has 6 heteroatoms. The third-order valence-electron chi connectivity index (χ3n) is 4.36. The lowest BCUT2D eigenvalue weighted by atomic mass is 9.94. The number of rotatable bonds is 4. The molecule has 2 amide bonds. The van der Waals surface area contributed by atoms with E-state index in [2.05, 4.69) is 27.8 Å². The summed E-state index contributed by atoms with van der Waals surface area (Å²) in [6.45, 7) is 0.544. The first-order chi connectivity index (χ1) is 10.7. The van der Waals surface area contributed by atoms with E-state index < -0.39 is 11.8 Å². The quantitative estimate of drug-likeness (QED) is 0.650. The van der Waals surface area contributed by atoms with Crippen LogP contribution < -0.4 is 15.4 Å². The number of hydrogen-bond donors (Lipinski definition) is 2. The first-order valence-electron chi connectivity index (χ1n) is 7.44. The Bertz CT molecular complexity index is 614. The molecule has 0 radical (unpaired) electrons. The molecule has 3 rings (SSSR count). The van der Waals surface area contributed by atoms with Crippen LogP contribution in [0.1, 0.15) is 12.8 Å². The molecule has 2 aliphatic carbocycles. The molecule has 0 aliphatic heterocycles. The first kappa shape index (κ1) is 14.6. The highest BCUT2D eigenvalue weighted by Crippen LogP contribution is 2.42. The molecule has 2 N–H and O–H groups in total. The minimum atomic E-state index is -0.704. The third-order valence-corrected chi connectivity index (χ3v) is 4.36. The van der Waals surface area contributed by atoms with E-state index in [1.165, 1.54) is 13.5 Å². The zero-order valence-corrected chi connectivity index (χ0v) is 12.4. The SMILES string of the molecule is COc1ncccc1NC(=O)C(=O)NC[C@@H]1C[C@H]2C=C[C@H]1C2. The van der Waals surface area contributed by atoms with Crippen LogP contribution in [0.15, 0.2) is 30.5 Å². The zero-order chi connectivity index (χ0) is 15.5. The van der Waals surface area contributed by atoms with Crippen molar-refractivity contribution in [2.45, 2.75) is 12.8 Å². The highest BCUT2D eigenvalue weighted by atomic mass is 16.5. The van der Waals surface area contributed by atoms with Gasteiger partial charge in [0, 0.05) is 12.7 Å². The molecule has 1 aromatic rings. The Hall–Kier alpha value is -2.37. The summed E-state index contributed by atoms with van der Waals surface area (Å²) in [5.74, 6) is 0.594. The fourth-order valence-electron chi connectivity index (χ4n) is 3.26. The molecule has 0 unspecified atom stereocenters. The Labute approximate surface area is 129 Å². The van der Waals surface area contributed by atoms with Crippen LogP contribution in [0.4, 0.5) is 5.69 Å². The number of anilines is 1. The molecule has 1 heterocycles. The van der Waals surface area contributed by atoms with Gasteiger partial charge in [-0.15, -0.1) is 0 Å². The minimum Gasteiger partial charge on any atom is -0.480 e. The number of nitrogens with one attached hydrogen (secondary N) is 2. The highest BCUT2D eigenvalue weighted by molar-refractivity contribution is 6.39. The van der Waals surface area contributed by atoms with Crippen LogP contribution in [0, 0.1) is 17.8 Å².